The van der Waals surface area contributed by atoms with Crippen LogP contribution in [0.15, 0.2) is 29.6 Å². The Balaban J connectivity index is 2.03. The van der Waals surface area contributed by atoms with Gasteiger partial charge in [-0.25, -0.2) is 4.98 Å². The highest BCUT2D eigenvalue weighted by molar-refractivity contribution is 7.13. The molecule has 0 fully saturated rings. The summed E-state index contributed by atoms with van der Waals surface area (Å²) < 4.78 is 0. The summed E-state index contributed by atoms with van der Waals surface area (Å²) in [6.07, 6.45) is 0. The number of benzene rings is 1. The number of rotatable bonds is 3. The first-order valence-electron chi connectivity index (χ1n) is 5.44. The van der Waals surface area contributed by atoms with E-state index in [2.05, 4.69) is 15.6 Å². The van der Waals surface area contributed by atoms with Crippen molar-refractivity contribution in [1.82, 2.24) is 4.98 Å². The zero-order valence-corrected chi connectivity index (χ0v) is 11.0. The quantitative estimate of drug-likeness (QED) is 0.798. The number of hydrogen-bond acceptors (Lipinski definition) is 5. The topological polar surface area (TPSA) is 97.1 Å². The number of carbonyl (C=O) groups excluding carboxylic acids is 2. The number of thiazole rings is 1. The van der Waals surface area contributed by atoms with Gasteiger partial charge in [0.1, 0.15) is 5.69 Å². The largest absolute Gasteiger partial charge is 0.375 e. The first-order chi connectivity index (χ1) is 9.04. The second-order valence-electron chi connectivity index (χ2n) is 3.78. The normalized spacial score (nSPS) is 9.95. The maximum Gasteiger partial charge on any atom is 0.275 e. The Bertz CT molecular complexity index is 606. The summed E-state index contributed by atoms with van der Waals surface area (Å²) in [6, 6.07) is 6.79. The predicted octanol–water partition coefficient (Wildman–Crippen LogP) is 1.94. The smallest absolute Gasteiger partial charge is 0.275 e. The molecule has 19 heavy (non-hydrogen) atoms. The number of aromatic nitrogens is 1. The SMILES string of the molecule is CC(=O)Nc1ccc(NC(=O)c2csc(N)n2)cc1. The molecule has 4 N–H and O–H groups in total. The van der Waals surface area contributed by atoms with Crippen molar-refractivity contribution in [2.75, 3.05) is 16.4 Å². The molecule has 1 aromatic carbocycles. The standard InChI is InChI=1S/C12H12N4O2S/c1-7(17)14-8-2-4-9(5-3-8)15-11(18)10-6-19-12(13)16-10/h2-6H,1H3,(H2,13,16)(H,14,17)(H,15,18). The Kier molecular flexibility index (Phi) is 3.76. The lowest BCUT2D eigenvalue weighted by molar-refractivity contribution is -0.114. The van der Waals surface area contributed by atoms with Crippen LogP contribution in [0.1, 0.15) is 17.4 Å². The second-order valence-corrected chi connectivity index (χ2v) is 4.67. The van der Waals surface area contributed by atoms with E-state index < -0.39 is 0 Å². The summed E-state index contributed by atoms with van der Waals surface area (Å²) in [5.74, 6) is -0.463. The number of amides is 2. The van der Waals surface area contributed by atoms with E-state index in [1.165, 1.54) is 18.3 Å². The van der Waals surface area contributed by atoms with Gasteiger partial charge < -0.3 is 16.4 Å². The molecule has 6 nitrogen and oxygen atoms in total. The summed E-state index contributed by atoms with van der Waals surface area (Å²) in [6.45, 7) is 1.43. The van der Waals surface area contributed by atoms with E-state index in [0.29, 0.717) is 16.5 Å². The third-order valence-electron chi connectivity index (χ3n) is 2.22. The molecule has 1 heterocycles. The minimum atomic E-state index is -0.319. The van der Waals surface area contributed by atoms with Gasteiger partial charge in [0.2, 0.25) is 5.91 Å². The third-order valence-corrected chi connectivity index (χ3v) is 2.89. The Labute approximate surface area is 113 Å². The maximum atomic E-state index is 11.8. The van der Waals surface area contributed by atoms with Crippen LogP contribution in [0, 0.1) is 0 Å². The van der Waals surface area contributed by atoms with Crippen molar-refractivity contribution in [3.8, 4) is 0 Å². The molecule has 0 bridgehead atoms. The number of nitrogens with zero attached hydrogens (tertiary/aromatic N) is 1. The molecule has 0 unspecified atom stereocenters. The third kappa shape index (κ3) is 3.52. The lowest BCUT2D eigenvalue weighted by atomic mass is 10.2. The first kappa shape index (κ1) is 13.0. The second kappa shape index (κ2) is 5.49. The van der Waals surface area contributed by atoms with Crippen LogP contribution in [0.2, 0.25) is 0 Å². The summed E-state index contributed by atoms with van der Waals surface area (Å²) in [4.78, 5) is 26.6. The van der Waals surface area contributed by atoms with Crippen LogP contribution in [-0.4, -0.2) is 16.8 Å². The number of nitrogens with two attached hydrogens (primary N) is 1. The van der Waals surface area contributed by atoms with Crippen LogP contribution in [0.4, 0.5) is 16.5 Å². The van der Waals surface area contributed by atoms with Crippen LogP contribution in [0.3, 0.4) is 0 Å². The number of nitrogen functional groups attached to an aromatic ring is 1. The monoisotopic (exact) mass is 276 g/mol. The molecule has 0 aliphatic rings. The minimum absolute atomic E-state index is 0.144. The average Bonchev–Trinajstić information content (AvgIpc) is 2.78. The van der Waals surface area contributed by atoms with Gasteiger partial charge in [0.15, 0.2) is 5.13 Å². The molecule has 0 aliphatic carbocycles. The Morgan fingerprint density at radius 2 is 1.74 bits per heavy atom. The fourth-order valence-corrected chi connectivity index (χ4v) is 1.97. The van der Waals surface area contributed by atoms with Crippen molar-refractivity contribution in [2.45, 2.75) is 6.92 Å². The van der Waals surface area contributed by atoms with Gasteiger partial charge in [-0.2, -0.15) is 0 Å². The Hall–Kier alpha value is -2.41. The van der Waals surface area contributed by atoms with Crippen molar-refractivity contribution < 1.29 is 9.59 Å². The molecule has 2 amide bonds. The molecule has 2 aromatic rings. The summed E-state index contributed by atoms with van der Waals surface area (Å²) in [5.41, 5.74) is 7.03. The van der Waals surface area contributed by atoms with Crippen LogP contribution < -0.4 is 16.4 Å². The van der Waals surface area contributed by atoms with E-state index in [0.717, 1.165) is 0 Å². The van der Waals surface area contributed by atoms with Crippen molar-refractivity contribution in [1.29, 1.82) is 0 Å². The number of hydrogen-bond donors (Lipinski definition) is 3. The van der Waals surface area contributed by atoms with Crippen molar-refractivity contribution in [3.05, 3.63) is 35.3 Å². The number of anilines is 3. The highest BCUT2D eigenvalue weighted by Gasteiger charge is 2.09. The van der Waals surface area contributed by atoms with E-state index in [-0.39, 0.29) is 17.5 Å². The molecule has 7 heteroatoms. The lowest BCUT2D eigenvalue weighted by Gasteiger charge is -2.05. The molecule has 1 aromatic heterocycles. The van der Waals surface area contributed by atoms with Gasteiger partial charge in [0.05, 0.1) is 0 Å². The van der Waals surface area contributed by atoms with Gasteiger partial charge in [0.25, 0.3) is 5.91 Å². The fraction of sp³-hybridized carbons (Fsp3) is 0.0833. The van der Waals surface area contributed by atoms with Crippen LogP contribution >= 0.6 is 11.3 Å². The predicted molar refractivity (Wildman–Crippen MR) is 75.2 cm³/mol. The zero-order chi connectivity index (χ0) is 13.8. The van der Waals surface area contributed by atoms with Crippen LogP contribution in [0.25, 0.3) is 0 Å². The molecule has 0 spiro atoms. The summed E-state index contributed by atoms with van der Waals surface area (Å²) in [5, 5.41) is 7.28. The van der Waals surface area contributed by atoms with Gasteiger partial charge in [-0.1, -0.05) is 0 Å². The van der Waals surface area contributed by atoms with Gasteiger partial charge >= 0.3 is 0 Å². The zero-order valence-electron chi connectivity index (χ0n) is 10.1. The number of nitrogens with one attached hydrogen (secondary N) is 2. The Morgan fingerprint density at radius 3 is 2.21 bits per heavy atom. The van der Waals surface area contributed by atoms with Gasteiger partial charge in [-0.05, 0) is 24.3 Å². The van der Waals surface area contributed by atoms with Crippen molar-refractivity contribution in [3.63, 3.8) is 0 Å². The van der Waals surface area contributed by atoms with Gasteiger partial charge in [-0.15, -0.1) is 11.3 Å². The molecule has 2 rings (SSSR count). The Morgan fingerprint density at radius 1 is 1.16 bits per heavy atom. The van der Waals surface area contributed by atoms with Crippen molar-refractivity contribution in [2.24, 2.45) is 0 Å². The van der Waals surface area contributed by atoms with Crippen molar-refractivity contribution >= 4 is 39.7 Å². The maximum absolute atomic E-state index is 11.8. The van der Waals surface area contributed by atoms with E-state index in [9.17, 15) is 9.59 Å². The summed E-state index contributed by atoms with van der Waals surface area (Å²) in [7, 11) is 0. The minimum Gasteiger partial charge on any atom is -0.375 e. The van der Waals surface area contributed by atoms with Gasteiger partial charge in [0, 0.05) is 23.7 Å². The van der Waals surface area contributed by atoms with Crippen LogP contribution in [0.5, 0.6) is 0 Å². The average molecular weight is 276 g/mol. The first-order valence-corrected chi connectivity index (χ1v) is 6.32. The van der Waals surface area contributed by atoms with Crippen LogP contribution in [-0.2, 0) is 4.79 Å². The van der Waals surface area contributed by atoms with E-state index in [1.54, 1.807) is 29.6 Å². The molecule has 0 radical (unpaired) electrons. The van der Waals surface area contributed by atoms with E-state index in [1.807, 2.05) is 0 Å². The molecular formula is C12H12N4O2S. The highest BCUT2D eigenvalue weighted by atomic mass is 32.1. The number of carbonyl (C=O) groups is 2. The fourth-order valence-electron chi connectivity index (χ4n) is 1.43. The summed E-state index contributed by atoms with van der Waals surface area (Å²) >= 11 is 1.21. The molecule has 0 saturated carbocycles. The van der Waals surface area contributed by atoms with Gasteiger partial charge in [-0.3, -0.25) is 9.59 Å². The lowest BCUT2D eigenvalue weighted by Crippen LogP contribution is -2.12. The molecule has 0 atom stereocenters. The highest BCUT2D eigenvalue weighted by Crippen LogP contribution is 2.16. The molecular weight excluding hydrogens is 264 g/mol. The molecule has 0 aliphatic heterocycles. The molecule has 0 saturated heterocycles. The van der Waals surface area contributed by atoms with E-state index >= 15 is 0 Å². The van der Waals surface area contributed by atoms with E-state index in [4.69, 9.17) is 5.73 Å². The molecule has 98 valence electrons.